The highest BCUT2D eigenvalue weighted by Crippen LogP contribution is 2.76. The van der Waals surface area contributed by atoms with E-state index in [1.807, 2.05) is 16.0 Å². The van der Waals surface area contributed by atoms with E-state index in [4.69, 9.17) is 18.9 Å². The van der Waals surface area contributed by atoms with Gasteiger partial charge in [-0.05, 0) is 101 Å². The van der Waals surface area contributed by atoms with Crippen molar-refractivity contribution in [1.29, 1.82) is 0 Å². The Hall–Kier alpha value is -5.69. The third kappa shape index (κ3) is 9.00. The number of anilines is 3. The van der Waals surface area contributed by atoms with Gasteiger partial charge in [-0.25, -0.2) is 53.9 Å². The van der Waals surface area contributed by atoms with Crippen LogP contribution in [0.25, 0.3) is 0 Å². The summed E-state index contributed by atoms with van der Waals surface area (Å²) in [5.41, 5.74) is -20.1. The summed E-state index contributed by atoms with van der Waals surface area (Å²) in [6, 6.07) is 0.535. The van der Waals surface area contributed by atoms with Crippen LogP contribution in [-0.4, -0.2) is 48.2 Å². The lowest BCUT2D eigenvalue weighted by molar-refractivity contribution is -0.178. The fourth-order valence-corrected chi connectivity index (χ4v) is 10.7. The van der Waals surface area contributed by atoms with Gasteiger partial charge in [0.05, 0.1) is 12.5 Å². The van der Waals surface area contributed by atoms with E-state index < -0.39 is 187 Å². The molecule has 0 heterocycles. The minimum atomic E-state index is -2.38. The second kappa shape index (κ2) is 16.0. The summed E-state index contributed by atoms with van der Waals surface area (Å²) in [4.78, 5) is 52.9. The number of nitrogens with one attached hydrogen (secondary N) is 3. The van der Waals surface area contributed by atoms with Crippen LogP contribution in [-0.2, 0) is 40.0 Å². The maximum atomic E-state index is 17.3. The lowest BCUT2D eigenvalue weighted by Crippen LogP contribution is -2.68. The second-order valence-electron chi connectivity index (χ2n) is 20.3. The third-order valence-corrected chi connectivity index (χ3v) is 11.7. The monoisotopic (exact) mass is 929 g/mol. The van der Waals surface area contributed by atoms with Crippen LogP contribution in [0.15, 0.2) is 18.2 Å². The van der Waals surface area contributed by atoms with E-state index in [-0.39, 0.29) is 18.2 Å². The minimum Gasteiger partial charge on any atom is -0.469 e. The molecule has 0 radical (unpaired) electrons. The molecule has 4 saturated carbocycles. The summed E-state index contributed by atoms with van der Waals surface area (Å²) in [5, 5.41) is 5.69. The number of esters is 1. The van der Waals surface area contributed by atoms with Crippen LogP contribution < -0.4 is 16.0 Å². The average molecular weight is 930 g/mol. The van der Waals surface area contributed by atoms with Gasteiger partial charge in [-0.15, -0.1) is 0 Å². The smallest absolute Gasteiger partial charge is 0.412 e. The molecule has 354 valence electrons. The van der Waals surface area contributed by atoms with E-state index in [1.165, 1.54) is 62.3 Å². The van der Waals surface area contributed by atoms with Crippen molar-refractivity contribution in [3.05, 3.63) is 87.2 Å². The Morgan fingerprint density at radius 1 is 0.446 bits per heavy atom. The summed E-state index contributed by atoms with van der Waals surface area (Å²) in [5.74, 6) is -16.6. The molecule has 0 atom stereocenters. The summed E-state index contributed by atoms with van der Waals surface area (Å²) in [7, 11) is 0.901. The summed E-state index contributed by atoms with van der Waals surface area (Å²) >= 11 is 0. The zero-order valence-corrected chi connectivity index (χ0v) is 37.1. The quantitative estimate of drug-likeness (QED) is 0.121. The molecule has 4 aliphatic rings. The first-order chi connectivity index (χ1) is 29.7. The molecular weight excluding hydrogens is 881 g/mol. The molecule has 11 nitrogen and oxygen atoms in total. The molecule has 0 spiro atoms. The van der Waals surface area contributed by atoms with Gasteiger partial charge in [-0.3, -0.25) is 20.7 Å². The Morgan fingerprint density at radius 3 is 0.908 bits per heavy atom. The molecule has 3 amide bonds. The molecule has 0 aliphatic heterocycles. The van der Waals surface area contributed by atoms with E-state index in [0.29, 0.717) is 0 Å². The average Bonchev–Trinajstić information content (AvgIpc) is 3.09. The zero-order valence-electron chi connectivity index (χ0n) is 37.1. The zero-order chi connectivity index (χ0) is 48.8. The first-order valence-electron chi connectivity index (χ1n) is 20.3. The van der Waals surface area contributed by atoms with Crippen LogP contribution >= 0.6 is 0 Å². The molecule has 3 aromatic carbocycles. The van der Waals surface area contributed by atoms with Gasteiger partial charge >= 0.3 is 24.2 Å². The van der Waals surface area contributed by atoms with Gasteiger partial charge in [0.1, 0.15) is 51.3 Å². The standard InChI is InChI=1S/C45H48F9N3O8/c1-39(2,3)63-36(59)55-32-23(49)11-20(46)26(29(32)52)42-14-43(27-21(47)12-24(50)33(30(27)53)56-37(60)64-40(4,5)6)16-44(15-42,19-45(17-42,18-43)35(58)62-10)28-22(48)13-25(51)34(31(28)54)57-38(61)65-41(7,8)9/h11-13H,14-19H2,1-10H3,(H,55,59)(H,56,60)(H,57,61). The van der Waals surface area contributed by atoms with Gasteiger partial charge in [0, 0.05) is 51.1 Å². The lowest BCUT2D eigenvalue weighted by atomic mass is 9.32. The van der Waals surface area contributed by atoms with E-state index >= 15 is 39.5 Å². The summed E-state index contributed by atoms with van der Waals surface area (Å²) in [6.45, 7) is 12.9. The number of rotatable bonds is 7. The van der Waals surface area contributed by atoms with E-state index in [1.54, 1.807) is 0 Å². The first-order valence-corrected chi connectivity index (χ1v) is 20.3. The molecule has 0 saturated heterocycles. The van der Waals surface area contributed by atoms with Crippen LogP contribution in [0.5, 0.6) is 0 Å². The van der Waals surface area contributed by atoms with Crippen molar-refractivity contribution >= 4 is 41.3 Å². The van der Waals surface area contributed by atoms with Crippen molar-refractivity contribution in [3.63, 3.8) is 0 Å². The van der Waals surface area contributed by atoms with Crippen molar-refractivity contribution in [1.82, 2.24) is 0 Å². The Labute approximate surface area is 368 Å². The third-order valence-electron chi connectivity index (χ3n) is 11.7. The van der Waals surface area contributed by atoms with Crippen molar-refractivity contribution in [2.24, 2.45) is 5.41 Å². The highest BCUT2D eigenvalue weighted by molar-refractivity contribution is 5.87. The van der Waals surface area contributed by atoms with Crippen LogP contribution in [0.3, 0.4) is 0 Å². The highest BCUT2D eigenvalue weighted by Gasteiger charge is 2.74. The topological polar surface area (TPSA) is 141 Å². The predicted octanol–water partition coefficient (Wildman–Crippen LogP) is 11.6. The number of methoxy groups -OCH3 is 1. The van der Waals surface area contributed by atoms with Crippen LogP contribution in [0.2, 0.25) is 0 Å². The van der Waals surface area contributed by atoms with Gasteiger partial charge < -0.3 is 18.9 Å². The van der Waals surface area contributed by atoms with E-state index in [2.05, 4.69) is 0 Å². The van der Waals surface area contributed by atoms with Gasteiger partial charge in [0.15, 0.2) is 34.9 Å². The number of hydrogen-bond donors (Lipinski definition) is 3. The fraction of sp³-hybridized carbons (Fsp3) is 0.511. The van der Waals surface area contributed by atoms with E-state index in [9.17, 15) is 19.2 Å². The molecule has 65 heavy (non-hydrogen) atoms. The highest BCUT2D eigenvalue weighted by atomic mass is 19.2. The molecule has 4 fully saturated rings. The van der Waals surface area contributed by atoms with Gasteiger partial charge in [0.2, 0.25) is 0 Å². The van der Waals surface area contributed by atoms with Crippen LogP contribution in [0, 0.1) is 57.8 Å². The molecule has 0 aromatic heterocycles. The number of amides is 3. The number of hydrogen-bond acceptors (Lipinski definition) is 8. The maximum Gasteiger partial charge on any atom is 0.412 e. The van der Waals surface area contributed by atoms with Crippen LogP contribution in [0.4, 0.5) is 71.0 Å². The first kappa shape index (κ1) is 48.8. The fourth-order valence-electron chi connectivity index (χ4n) is 10.7. The molecule has 3 aromatic rings. The molecule has 4 bridgehead atoms. The second-order valence-corrected chi connectivity index (χ2v) is 20.3. The van der Waals surface area contributed by atoms with Gasteiger partial charge in [-0.2, -0.15) is 0 Å². The predicted molar refractivity (Wildman–Crippen MR) is 216 cm³/mol. The number of benzene rings is 3. The molecule has 3 N–H and O–H groups in total. The van der Waals surface area contributed by atoms with Gasteiger partial charge in [-0.1, -0.05) is 0 Å². The minimum absolute atomic E-state index is 0.178. The Kier molecular flexibility index (Phi) is 12.0. The normalized spacial score (nSPS) is 23.7. The molecule has 20 heteroatoms. The van der Waals surface area contributed by atoms with Crippen LogP contribution in [0.1, 0.15) is 118 Å². The number of ether oxygens (including phenoxy) is 4. The Morgan fingerprint density at radius 2 is 0.692 bits per heavy atom. The van der Waals surface area contributed by atoms with Gasteiger partial charge in [0.25, 0.3) is 0 Å². The molecule has 4 aliphatic carbocycles. The number of carbonyl (C=O) groups excluding carboxylic acids is 4. The maximum absolute atomic E-state index is 17.3. The van der Waals surface area contributed by atoms with Crippen molar-refractivity contribution in [2.45, 2.75) is 134 Å². The van der Waals surface area contributed by atoms with E-state index in [0.717, 1.165) is 7.11 Å². The van der Waals surface area contributed by atoms with Crippen molar-refractivity contribution < 1.29 is 77.6 Å². The van der Waals surface area contributed by atoms with Crippen molar-refractivity contribution in [3.8, 4) is 0 Å². The van der Waals surface area contributed by atoms with Crippen molar-refractivity contribution in [2.75, 3.05) is 23.1 Å². The summed E-state index contributed by atoms with van der Waals surface area (Å²) < 4.78 is 169. The number of halogens is 9. The molecule has 0 unspecified atom stereocenters. The molecule has 7 rings (SSSR count). The Balaban J connectivity index is 1.71. The Bertz CT molecular complexity index is 2250. The number of carbonyl (C=O) groups is 4. The largest absolute Gasteiger partial charge is 0.469 e. The lowest BCUT2D eigenvalue weighted by Gasteiger charge is -2.70. The summed E-state index contributed by atoms with van der Waals surface area (Å²) in [6.07, 6.45) is -8.73. The SMILES string of the molecule is COC(=O)C12CC3(c4c(F)cc(F)c(NC(=O)OC(C)(C)C)c4F)CC(c4c(F)cc(F)c(NC(=O)OC(C)(C)C)c4F)(C1)CC(c1c(F)cc(F)c(NC(=O)OC(C)(C)C)c1F)(C2)C3. The molecular formula is C45H48F9N3O8.